The minimum Gasteiger partial charge on any atom is -0.0831 e. The lowest BCUT2D eigenvalue weighted by Gasteiger charge is -2.34. The number of halogens is 2. The molecule has 0 radical (unpaired) electrons. The molecule has 0 nitrogen and oxygen atoms in total. The van der Waals surface area contributed by atoms with Gasteiger partial charge in [-0.3, -0.25) is 0 Å². The third kappa shape index (κ3) is 3.29. The molecule has 0 heterocycles. The normalized spacial score (nSPS) is 11.3. The van der Waals surface area contributed by atoms with Crippen LogP contribution < -0.4 is 20.7 Å². The van der Waals surface area contributed by atoms with Crippen LogP contribution in [0.4, 0.5) is 0 Å². The van der Waals surface area contributed by atoms with Gasteiger partial charge >= 0.3 is 0 Å². The zero-order valence-electron chi connectivity index (χ0n) is 14.6. The molecule has 0 saturated carbocycles. The Balaban J connectivity index is 2.14. The molecule has 0 aliphatic heterocycles. The fourth-order valence-electron chi connectivity index (χ4n) is 3.79. The highest BCUT2D eigenvalue weighted by Crippen LogP contribution is 2.22. The first kappa shape index (κ1) is 18.2. The van der Waals surface area contributed by atoms with Crippen molar-refractivity contribution in [2.75, 3.05) is 0 Å². The van der Waals surface area contributed by atoms with Crippen LogP contribution in [0.25, 0.3) is 0 Å². The van der Waals surface area contributed by atoms with Gasteiger partial charge in [0, 0.05) is 4.47 Å². The summed E-state index contributed by atoms with van der Waals surface area (Å²) in [6, 6.07) is 38.9. The maximum Gasteiger partial charge on any atom is 0.179 e. The van der Waals surface area contributed by atoms with Gasteiger partial charge in [0.1, 0.15) is 0 Å². The highest BCUT2D eigenvalue weighted by atomic mass is 79.9. The van der Waals surface area contributed by atoms with Gasteiger partial charge in [-0.15, -0.1) is 0 Å². The number of benzene rings is 4. The molecule has 0 spiro atoms. The zero-order chi connectivity index (χ0) is 18.7. The predicted octanol–water partition coefficient (Wildman–Crippen LogP) is 4.48. The van der Waals surface area contributed by atoms with Gasteiger partial charge in [0.15, 0.2) is 8.07 Å². The molecular formula is C24H18BrClSi. The van der Waals surface area contributed by atoms with Crippen LogP contribution in [0.5, 0.6) is 0 Å². The first-order valence-corrected chi connectivity index (χ1v) is 12.0. The first-order chi connectivity index (χ1) is 13.2. The molecule has 0 aliphatic rings. The van der Waals surface area contributed by atoms with Gasteiger partial charge in [0.05, 0.1) is 5.02 Å². The highest BCUT2D eigenvalue weighted by molar-refractivity contribution is 9.10. The Labute approximate surface area is 174 Å². The number of hydrogen-bond acceptors (Lipinski definition) is 0. The Bertz CT molecular complexity index is 937. The second-order valence-electron chi connectivity index (χ2n) is 6.48. The van der Waals surface area contributed by atoms with Crippen molar-refractivity contribution >= 4 is 56.4 Å². The average Bonchev–Trinajstić information content (AvgIpc) is 2.74. The van der Waals surface area contributed by atoms with E-state index in [1.807, 2.05) is 0 Å². The lowest BCUT2D eigenvalue weighted by molar-refractivity contribution is 1.64. The molecule has 0 aliphatic carbocycles. The highest BCUT2D eigenvalue weighted by Gasteiger charge is 2.41. The maximum absolute atomic E-state index is 6.56. The Morgan fingerprint density at radius 1 is 0.519 bits per heavy atom. The van der Waals surface area contributed by atoms with E-state index in [9.17, 15) is 0 Å². The minimum absolute atomic E-state index is 0.743. The third-order valence-corrected chi connectivity index (χ3v) is 11.0. The summed E-state index contributed by atoms with van der Waals surface area (Å²) >= 11 is 10.1. The molecule has 27 heavy (non-hydrogen) atoms. The third-order valence-electron chi connectivity index (χ3n) is 4.97. The van der Waals surface area contributed by atoms with Crippen LogP contribution in [-0.2, 0) is 0 Å². The fourth-order valence-corrected chi connectivity index (χ4v) is 9.08. The Morgan fingerprint density at radius 3 is 1.30 bits per heavy atom. The van der Waals surface area contributed by atoms with E-state index in [4.69, 9.17) is 11.6 Å². The van der Waals surface area contributed by atoms with E-state index in [1.165, 1.54) is 20.7 Å². The number of rotatable bonds is 4. The summed E-state index contributed by atoms with van der Waals surface area (Å²) in [5, 5.41) is 6.06. The molecule has 0 unspecified atom stereocenters. The summed E-state index contributed by atoms with van der Waals surface area (Å²) < 4.78 is 0.921. The summed E-state index contributed by atoms with van der Waals surface area (Å²) in [5.41, 5.74) is 0. The quantitative estimate of drug-likeness (QED) is 0.318. The molecule has 0 bridgehead atoms. The van der Waals surface area contributed by atoms with Crippen LogP contribution in [0, 0.1) is 0 Å². The molecule has 4 aromatic rings. The Kier molecular flexibility index (Phi) is 5.30. The minimum atomic E-state index is -2.46. The van der Waals surface area contributed by atoms with Crippen molar-refractivity contribution in [2.24, 2.45) is 0 Å². The van der Waals surface area contributed by atoms with Crippen molar-refractivity contribution in [3.8, 4) is 0 Å². The lowest BCUT2D eigenvalue weighted by Crippen LogP contribution is -2.74. The van der Waals surface area contributed by atoms with E-state index in [0.29, 0.717) is 0 Å². The van der Waals surface area contributed by atoms with Crippen LogP contribution in [0.2, 0.25) is 5.02 Å². The topological polar surface area (TPSA) is 0 Å². The Hall–Kier alpha value is -2.13. The van der Waals surface area contributed by atoms with E-state index in [1.54, 1.807) is 0 Å². The van der Waals surface area contributed by atoms with E-state index < -0.39 is 8.07 Å². The van der Waals surface area contributed by atoms with E-state index >= 15 is 0 Å². The average molecular weight is 450 g/mol. The molecule has 4 aromatic carbocycles. The van der Waals surface area contributed by atoms with E-state index in [-0.39, 0.29) is 0 Å². The largest absolute Gasteiger partial charge is 0.179 e. The van der Waals surface area contributed by atoms with Crippen molar-refractivity contribution in [1.29, 1.82) is 0 Å². The molecule has 0 fully saturated rings. The van der Waals surface area contributed by atoms with E-state index in [2.05, 4.69) is 125 Å². The van der Waals surface area contributed by atoms with Crippen LogP contribution in [0.1, 0.15) is 0 Å². The summed E-state index contributed by atoms with van der Waals surface area (Å²) in [7, 11) is -2.46. The molecule has 0 atom stereocenters. The van der Waals surface area contributed by atoms with Crippen LogP contribution >= 0.6 is 27.5 Å². The molecule has 0 N–H and O–H groups in total. The Morgan fingerprint density at radius 2 is 0.926 bits per heavy atom. The first-order valence-electron chi connectivity index (χ1n) is 8.85. The standard InChI is InChI=1S/C24H18BrClSi/c25-23-17-16-22(18-24(23)26)27(19-10-4-1-5-11-19,20-12-6-2-7-13-20)21-14-8-3-9-15-21/h1-18H. The maximum atomic E-state index is 6.56. The smallest absolute Gasteiger partial charge is 0.0831 e. The van der Waals surface area contributed by atoms with Crippen LogP contribution in [0.3, 0.4) is 0 Å². The van der Waals surface area contributed by atoms with Gasteiger partial charge < -0.3 is 0 Å². The summed E-state index contributed by atoms with van der Waals surface area (Å²) in [5.74, 6) is 0. The fraction of sp³-hybridized carbons (Fsp3) is 0. The molecule has 132 valence electrons. The van der Waals surface area contributed by atoms with Gasteiger partial charge in [-0.1, -0.05) is 109 Å². The van der Waals surface area contributed by atoms with Crippen molar-refractivity contribution < 1.29 is 0 Å². The monoisotopic (exact) mass is 448 g/mol. The van der Waals surface area contributed by atoms with Crippen molar-refractivity contribution in [1.82, 2.24) is 0 Å². The zero-order valence-corrected chi connectivity index (χ0v) is 18.0. The summed E-state index contributed by atoms with van der Waals surface area (Å²) in [6.07, 6.45) is 0. The second kappa shape index (κ2) is 7.85. The molecule has 0 saturated heterocycles. The lowest BCUT2D eigenvalue weighted by atomic mass is 10.3. The molecule has 0 aromatic heterocycles. The van der Waals surface area contributed by atoms with Gasteiger partial charge in [-0.2, -0.15) is 0 Å². The summed E-state index contributed by atoms with van der Waals surface area (Å²) in [4.78, 5) is 0. The van der Waals surface area contributed by atoms with Gasteiger partial charge in [0.25, 0.3) is 0 Å². The van der Waals surface area contributed by atoms with Gasteiger partial charge in [0.2, 0.25) is 0 Å². The molecule has 0 amide bonds. The second-order valence-corrected chi connectivity index (χ2v) is 11.5. The van der Waals surface area contributed by atoms with Crippen molar-refractivity contribution in [3.63, 3.8) is 0 Å². The van der Waals surface area contributed by atoms with Gasteiger partial charge in [-0.05, 0) is 48.8 Å². The van der Waals surface area contributed by atoms with Crippen LogP contribution in [-0.4, -0.2) is 8.07 Å². The van der Waals surface area contributed by atoms with Crippen molar-refractivity contribution in [3.05, 3.63) is 119 Å². The predicted molar refractivity (Wildman–Crippen MR) is 123 cm³/mol. The summed E-state index contributed by atoms with van der Waals surface area (Å²) in [6.45, 7) is 0. The number of hydrogen-bond donors (Lipinski definition) is 0. The van der Waals surface area contributed by atoms with E-state index in [0.717, 1.165) is 9.50 Å². The molecule has 4 rings (SSSR count). The molecular weight excluding hydrogens is 432 g/mol. The van der Waals surface area contributed by atoms with Crippen molar-refractivity contribution in [2.45, 2.75) is 0 Å². The van der Waals surface area contributed by atoms with Crippen LogP contribution in [0.15, 0.2) is 114 Å². The molecule has 3 heteroatoms. The van der Waals surface area contributed by atoms with Gasteiger partial charge in [-0.25, -0.2) is 0 Å². The SMILES string of the molecule is Clc1cc([Si](c2ccccc2)(c2ccccc2)c2ccccc2)ccc1Br.